The number of ether oxygens (including phenoxy) is 2. The van der Waals surface area contributed by atoms with Crippen molar-refractivity contribution in [1.82, 2.24) is 5.32 Å². The molecule has 2 fully saturated rings. The molecular formula is C19H19F2NO2. The van der Waals surface area contributed by atoms with Gasteiger partial charge in [0.15, 0.2) is 23.2 Å². The maximum Gasteiger partial charge on any atom is 0.161 e. The smallest absolute Gasteiger partial charge is 0.161 e. The number of hydrogen-bond donors (Lipinski definition) is 1. The molecule has 1 aromatic carbocycles. The molecule has 0 spiro atoms. The first-order valence-electron chi connectivity index (χ1n) is 8.27. The van der Waals surface area contributed by atoms with Crippen molar-refractivity contribution in [3.05, 3.63) is 70.7 Å². The van der Waals surface area contributed by atoms with E-state index < -0.39 is 11.6 Å². The van der Waals surface area contributed by atoms with Crippen LogP contribution >= 0.6 is 0 Å². The minimum atomic E-state index is -0.808. The molecule has 0 aromatic heterocycles. The predicted octanol–water partition coefficient (Wildman–Crippen LogP) is 3.76. The molecule has 0 saturated carbocycles. The molecule has 1 aromatic rings. The van der Waals surface area contributed by atoms with Crippen LogP contribution in [0.3, 0.4) is 0 Å². The van der Waals surface area contributed by atoms with Crippen LogP contribution in [-0.4, -0.2) is 19.8 Å². The van der Waals surface area contributed by atoms with Gasteiger partial charge in [-0.2, -0.15) is 0 Å². The van der Waals surface area contributed by atoms with Gasteiger partial charge >= 0.3 is 0 Å². The highest BCUT2D eigenvalue weighted by Crippen LogP contribution is 2.35. The van der Waals surface area contributed by atoms with E-state index in [9.17, 15) is 8.78 Å². The molecule has 0 amide bonds. The molecule has 126 valence electrons. The van der Waals surface area contributed by atoms with Crippen LogP contribution in [0.1, 0.15) is 24.4 Å². The van der Waals surface area contributed by atoms with Gasteiger partial charge in [-0.25, -0.2) is 8.78 Å². The van der Waals surface area contributed by atoms with Gasteiger partial charge in [0.05, 0.1) is 0 Å². The van der Waals surface area contributed by atoms with Crippen LogP contribution in [0.5, 0.6) is 0 Å². The Morgan fingerprint density at radius 2 is 1.83 bits per heavy atom. The Morgan fingerprint density at radius 3 is 2.67 bits per heavy atom. The van der Waals surface area contributed by atoms with Crippen molar-refractivity contribution in [1.29, 1.82) is 0 Å². The SMILES string of the molecule is Fc1ccc([C@H]2CC(C3=CCC=C4OCCOC4=C3)CN2)cc1F. The lowest BCUT2D eigenvalue weighted by Gasteiger charge is -2.21. The van der Waals surface area contributed by atoms with E-state index >= 15 is 0 Å². The number of nitrogens with one attached hydrogen (secondary N) is 1. The van der Waals surface area contributed by atoms with Crippen molar-refractivity contribution in [2.45, 2.75) is 18.9 Å². The van der Waals surface area contributed by atoms with Crippen molar-refractivity contribution in [2.24, 2.45) is 5.92 Å². The molecule has 24 heavy (non-hydrogen) atoms. The van der Waals surface area contributed by atoms with Gasteiger partial charge in [0.1, 0.15) is 13.2 Å². The van der Waals surface area contributed by atoms with Crippen LogP contribution in [0.4, 0.5) is 8.78 Å². The minimum absolute atomic E-state index is 0.0311. The summed E-state index contributed by atoms with van der Waals surface area (Å²) in [7, 11) is 0. The molecular weight excluding hydrogens is 312 g/mol. The molecule has 3 aliphatic rings. The second-order valence-electron chi connectivity index (χ2n) is 6.28. The van der Waals surface area contributed by atoms with E-state index in [1.165, 1.54) is 17.7 Å². The van der Waals surface area contributed by atoms with E-state index in [2.05, 4.69) is 17.5 Å². The van der Waals surface area contributed by atoms with Gasteiger partial charge in [-0.3, -0.25) is 0 Å². The van der Waals surface area contributed by atoms with Crippen LogP contribution in [0.25, 0.3) is 0 Å². The Labute approximate surface area is 139 Å². The Kier molecular flexibility index (Phi) is 4.10. The number of halogens is 2. The van der Waals surface area contributed by atoms with Crippen LogP contribution in [0.15, 0.2) is 53.5 Å². The third kappa shape index (κ3) is 2.96. The molecule has 1 aliphatic carbocycles. The fourth-order valence-electron chi connectivity index (χ4n) is 3.49. The highest BCUT2D eigenvalue weighted by atomic mass is 19.2. The van der Waals surface area contributed by atoms with Gasteiger partial charge in [0.25, 0.3) is 0 Å². The molecule has 2 saturated heterocycles. The predicted molar refractivity (Wildman–Crippen MR) is 86.0 cm³/mol. The quantitative estimate of drug-likeness (QED) is 0.895. The molecule has 5 heteroatoms. The highest BCUT2D eigenvalue weighted by molar-refractivity contribution is 5.37. The Morgan fingerprint density at radius 1 is 1.00 bits per heavy atom. The molecule has 2 atom stereocenters. The van der Waals surface area contributed by atoms with Crippen LogP contribution in [0.2, 0.25) is 0 Å². The summed E-state index contributed by atoms with van der Waals surface area (Å²) < 4.78 is 37.9. The monoisotopic (exact) mass is 331 g/mol. The molecule has 0 bridgehead atoms. The van der Waals surface area contributed by atoms with Gasteiger partial charge in [0, 0.05) is 12.6 Å². The fraction of sp³-hybridized carbons (Fsp3) is 0.368. The van der Waals surface area contributed by atoms with Crippen molar-refractivity contribution >= 4 is 0 Å². The van der Waals surface area contributed by atoms with Crippen molar-refractivity contribution in [3.8, 4) is 0 Å². The van der Waals surface area contributed by atoms with Gasteiger partial charge in [-0.05, 0) is 54.2 Å². The zero-order valence-corrected chi connectivity index (χ0v) is 13.2. The van der Waals surface area contributed by atoms with Crippen LogP contribution in [0, 0.1) is 17.6 Å². The highest BCUT2D eigenvalue weighted by Gasteiger charge is 2.29. The van der Waals surface area contributed by atoms with Gasteiger partial charge in [0.2, 0.25) is 0 Å². The van der Waals surface area contributed by atoms with Crippen molar-refractivity contribution < 1.29 is 18.3 Å². The summed E-state index contributed by atoms with van der Waals surface area (Å²) in [5.41, 5.74) is 1.99. The summed E-state index contributed by atoms with van der Waals surface area (Å²) in [6, 6.07) is 4.16. The summed E-state index contributed by atoms with van der Waals surface area (Å²) in [6.45, 7) is 1.95. The Balaban J connectivity index is 1.50. The molecule has 0 radical (unpaired) electrons. The van der Waals surface area contributed by atoms with Gasteiger partial charge < -0.3 is 14.8 Å². The standard InChI is InChI=1S/C19H19F2NO2/c20-15-5-4-13(8-16(15)21)17-9-14(11-22-17)12-2-1-3-18-19(10-12)24-7-6-23-18/h2-5,8,10,14,17,22H,1,6-7,9,11H2/t14?,17-/m1/s1. The third-order valence-electron chi connectivity index (χ3n) is 4.74. The molecule has 2 aliphatic heterocycles. The molecule has 2 heterocycles. The lowest BCUT2D eigenvalue weighted by atomic mass is 9.92. The summed E-state index contributed by atoms with van der Waals surface area (Å²) in [5, 5.41) is 3.41. The maximum atomic E-state index is 13.5. The van der Waals surface area contributed by atoms with Crippen LogP contribution in [-0.2, 0) is 9.47 Å². The summed E-state index contributed by atoms with van der Waals surface area (Å²) in [6.07, 6.45) is 7.92. The van der Waals surface area contributed by atoms with Gasteiger partial charge in [-0.15, -0.1) is 0 Å². The minimum Gasteiger partial charge on any atom is -0.486 e. The summed E-state index contributed by atoms with van der Waals surface area (Å²) >= 11 is 0. The average Bonchev–Trinajstić information content (AvgIpc) is 2.98. The zero-order valence-electron chi connectivity index (χ0n) is 13.2. The molecule has 1 unspecified atom stereocenters. The number of fused-ring (bicyclic) bond motifs is 1. The van der Waals surface area contributed by atoms with Gasteiger partial charge in [-0.1, -0.05) is 12.1 Å². The molecule has 1 N–H and O–H groups in total. The number of allylic oxidation sites excluding steroid dienone is 3. The normalized spacial score (nSPS) is 26.3. The van der Waals surface area contributed by atoms with E-state index in [1.54, 1.807) is 6.07 Å². The lowest BCUT2D eigenvalue weighted by Crippen LogP contribution is -2.15. The lowest BCUT2D eigenvalue weighted by molar-refractivity contribution is 0.0592. The number of hydrogen-bond acceptors (Lipinski definition) is 3. The maximum absolute atomic E-state index is 13.5. The first kappa shape index (κ1) is 15.4. The fourth-order valence-corrected chi connectivity index (χ4v) is 3.49. The van der Waals surface area contributed by atoms with E-state index in [4.69, 9.17) is 9.47 Å². The first-order valence-corrected chi connectivity index (χ1v) is 8.27. The molecule has 3 nitrogen and oxygen atoms in total. The summed E-state index contributed by atoms with van der Waals surface area (Å²) in [5.74, 6) is 0.318. The number of rotatable bonds is 2. The van der Waals surface area contributed by atoms with E-state index in [-0.39, 0.29) is 6.04 Å². The topological polar surface area (TPSA) is 30.5 Å². The zero-order chi connectivity index (χ0) is 16.5. The Hall–Kier alpha value is -2.14. The molecule has 4 rings (SSSR count). The number of benzene rings is 1. The van der Waals surface area contributed by atoms with Crippen LogP contribution < -0.4 is 5.32 Å². The summed E-state index contributed by atoms with van der Waals surface area (Å²) in [4.78, 5) is 0. The average molecular weight is 331 g/mol. The second-order valence-corrected chi connectivity index (χ2v) is 6.28. The Bertz CT molecular complexity index is 739. The second kappa shape index (κ2) is 6.40. The van der Waals surface area contributed by atoms with E-state index in [0.29, 0.717) is 19.1 Å². The van der Waals surface area contributed by atoms with Crippen molar-refractivity contribution in [2.75, 3.05) is 19.8 Å². The van der Waals surface area contributed by atoms with E-state index in [1.807, 2.05) is 6.08 Å². The first-order chi connectivity index (χ1) is 11.7. The largest absolute Gasteiger partial charge is 0.486 e. The van der Waals surface area contributed by atoms with E-state index in [0.717, 1.165) is 36.5 Å². The van der Waals surface area contributed by atoms with Crippen molar-refractivity contribution in [3.63, 3.8) is 0 Å². The third-order valence-corrected chi connectivity index (χ3v) is 4.74.